The molecule has 0 spiro atoms. The first-order chi connectivity index (χ1) is 8.43. The molecule has 9 nitrogen and oxygen atoms in total. The molecule has 0 bridgehead atoms. The van der Waals surface area contributed by atoms with Crippen molar-refractivity contribution in [2.75, 3.05) is 23.4 Å². The van der Waals surface area contributed by atoms with Gasteiger partial charge in [0.2, 0.25) is 17.8 Å². The van der Waals surface area contributed by atoms with E-state index in [2.05, 4.69) is 15.4 Å². The summed E-state index contributed by atoms with van der Waals surface area (Å²) in [6.45, 7) is 1.38. The van der Waals surface area contributed by atoms with Crippen LogP contribution in [0.3, 0.4) is 0 Å². The van der Waals surface area contributed by atoms with Crippen LogP contribution in [0.25, 0.3) is 0 Å². The lowest BCUT2D eigenvalue weighted by Gasteiger charge is -2.22. The summed E-state index contributed by atoms with van der Waals surface area (Å²) in [6.07, 6.45) is 1.51. The number of nitrogens with two attached hydrogens (primary N) is 3. The van der Waals surface area contributed by atoms with Gasteiger partial charge in [0.25, 0.3) is 0 Å². The molecule has 7 N–H and O–H groups in total. The van der Waals surface area contributed by atoms with E-state index in [1.54, 1.807) is 6.92 Å². The number of nitrogens with zero attached hydrogens (tertiary/aromatic N) is 3. The summed E-state index contributed by atoms with van der Waals surface area (Å²) < 4.78 is 0. The molecule has 1 rings (SSSR count). The van der Waals surface area contributed by atoms with Crippen LogP contribution >= 0.6 is 0 Å². The van der Waals surface area contributed by atoms with Gasteiger partial charge in [-0.15, -0.1) is 0 Å². The number of primary amides is 2. The maximum Gasteiger partial charge on any atom is 0.239 e. The molecule has 0 aromatic carbocycles. The van der Waals surface area contributed by atoms with Gasteiger partial charge < -0.3 is 16.4 Å². The number of hydrogen-bond acceptors (Lipinski definition) is 7. The SMILES string of the molecule is Cc1cnc(NN)nc1N(CC(N)=O)CC(N)=O. The first-order valence-corrected chi connectivity index (χ1v) is 5.06. The first-order valence-electron chi connectivity index (χ1n) is 5.06. The van der Waals surface area contributed by atoms with Gasteiger partial charge in [-0.05, 0) is 6.92 Å². The molecular weight excluding hydrogens is 238 g/mol. The van der Waals surface area contributed by atoms with E-state index in [0.717, 1.165) is 0 Å². The summed E-state index contributed by atoms with van der Waals surface area (Å²) in [6, 6.07) is 0. The predicted octanol–water partition coefficient (Wildman–Crippen LogP) is -2.15. The zero-order valence-electron chi connectivity index (χ0n) is 9.88. The van der Waals surface area contributed by atoms with Crippen LogP contribution < -0.4 is 27.6 Å². The van der Waals surface area contributed by atoms with E-state index in [1.807, 2.05) is 0 Å². The molecule has 98 valence electrons. The number of amides is 2. The largest absolute Gasteiger partial charge is 0.368 e. The van der Waals surface area contributed by atoms with Gasteiger partial charge in [0.05, 0.1) is 13.1 Å². The van der Waals surface area contributed by atoms with Crippen molar-refractivity contribution in [3.63, 3.8) is 0 Å². The Bertz CT molecular complexity index is 446. The molecule has 9 heteroatoms. The van der Waals surface area contributed by atoms with E-state index >= 15 is 0 Å². The second-order valence-electron chi connectivity index (χ2n) is 3.63. The molecular formula is C9H15N7O2. The summed E-state index contributed by atoms with van der Waals surface area (Å²) in [7, 11) is 0. The predicted molar refractivity (Wildman–Crippen MR) is 65.2 cm³/mol. The number of anilines is 2. The van der Waals surface area contributed by atoms with Crippen LogP contribution in [0.4, 0.5) is 11.8 Å². The molecule has 0 unspecified atom stereocenters. The molecule has 0 saturated heterocycles. The Balaban J connectivity index is 3.09. The van der Waals surface area contributed by atoms with Gasteiger partial charge in [-0.2, -0.15) is 4.98 Å². The molecule has 2 amide bonds. The van der Waals surface area contributed by atoms with Gasteiger partial charge in [0.15, 0.2) is 0 Å². The quantitative estimate of drug-likeness (QED) is 0.333. The highest BCUT2D eigenvalue weighted by molar-refractivity contribution is 5.84. The molecule has 0 fully saturated rings. The Kier molecular flexibility index (Phi) is 4.38. The molecule has 1 aromatic rings. The van der Waals surface area contributed by atoms with Gasteiger partial charge in [0, 0.05) is 11.8 Å². The fourth-order valence-corrected chi connectivity index (χ4v) is 1.40. The van der Waals surface area contributed by atoms with Crippen molar-refractivity contribution in [1.29, 1.82) is 0 Å². The molecule has 1 heterocycles. The Hall–Kier alpha value is -2.42. The van der Waals surface area contributed by atoms with Crippen LogP contribution in [0, 0.1) is 6.92 Å². The minimum Gasteiger partial charge on any atom is -0.368 e. The van der Waals surface area contributed by atoms with Crippen LogP contribution in [-0.2, 0) is 9.59 Å². The molecule has 0 aliphatic heterocycles. The Morgan fingerprint density at radius 1 is 1.33 bits per heavy atom. The Morgan fingerprint density at radius 2 is 1.89 bits per heavy atom. The second-order valence-corrected chi connectivity index (χ2v) is 3.63. The number of nitrogen functional groups attached to an aromatic ring is 1. The highest BCUT2D eigenvalue weighted by Gasteiger charge is 2.16. The maximum atomic E-state index is 11.0. The zero-order chi connectivity index (χ0) is 13.7. The van der Waals surface area contributed by atoms with Gasteiger partial charge in [0.1, 0.15) is 5.82 Å². The van der Waals surface area contributed by atoms with Crippen molar-refractivity contribution in [3.05, 3.63) is 11.8 Å². The number of aromatic nitrogens is 2. The third kappa shape index (κ3) is 3.56. The van der Waals surface area contributed by atoms with Gasteiger partial charge >= 0.3 is 0 Å². The van der Waals surface area contributed by atoms with Crippen molar-refractivity contribution in [2.24, 2.45) is 17.3 Å². The van der Waals surface area contributed by atoms with E-state index in [4.69, 9.17) is 17.3 Å². The monoisotopic (exact) mass is 253 g/mol. The average Bonchev–Trinajstić information content (AvgIpc) is 2.27. The summed E-state index contributed by atoms with van der Waals surface area (Å²) in [5, 5.41) is 0. The summed E-state index contributed by atoms with van der Waals surface area (Å²) in [5.74, 6) is 4.53. The second kappa shape index (κ2) is 5.77. The number of carbonyl (C=O) groups excluding carboxylic acids is 2. The number of aryl methyl sites for hydroxylation is 1. The third-order valence-electron chi connectivity index (χ3n) is 2.07. The number of nitrogens with one attached hydrogen (secondary N) is 1. The van der Waals surface area contributed by atoms with Crippen LogP contribution in [0.1, 0.15) is 5.56 Å². The van der Waals surface area contributed by atoms with Crippen LogP contribution in [0.5, 0.6) is 0 Å². The number of hydrazine groups is 1. The topological polar surface area (TPSA) is 153 Å². The Morgan fingerprint density at radius 3 is 2.33 bits per heavy atom. The smallest absolute Gasteiger partial charge is 0.239 e. The minimum atomic E-state index is -0.600. The number of hydrogen-bond donors (Lipinski definition) is 4. The van der Waals surface area contributed by atoms with Crippen molar-refractivity contribution in [1.82, 2.24) is 9.97 Å². The lowest BCUT2D eigenvalue weighted by molar-refractivity contribution is -0.117. The minimum absolute atomic E-state index is 0.162. The molecule has 1 aromatic heterocycles. The molecule has 0 radical (unpaired) electrons. The normalized spacial score (nSPS) is 9.89. The van der Waals surface area contributed by atoms with Crippen LogP contribution in [0.2, 0.25) is 0 Å². The maximum absolute atomic E-state index is 11.0. The molecule has 0 atom stereocenters. The Labute approximate surface area is 103 Å². The fraction of sp³-hybridized carbons (Fsp3) is 0.333. The van der Waals surface area contributed by atoms with Gasteiger partial charge in [-0.3, -0.25) is 15.0 Å². The zero-order valence-corrected chi connectivity index (χ0v) is 9.88. The van der Waals surface area contributed by atoms with Crippen LogP contribution in [-0.4, -0.2) is 34.9 Å². The number of rotatable bonds is 6. The van der Waals surface area contributed by atoms with Gasteiger partial charge in [-0.1, -0.05) is 0 Å². The van der Waals surface area contributed by atoms with E-state index in [0.29, 0.717) is 11.4 Å². The van der Waals surface area contributed by atoms with E-state index in [-0.39, 0.29) is 19.0 Å². The lowest BCUT2D eigenvalue weighted by Crippen LogP contribution is -2.40. The summed E-state index contributed by atoms with van der Waals surface area (Å²) >= 11 is 0. The van der Waals surface area contributed by atoms with Crippen molar-refractivity contribution in [3.8, 4) is 0 Å². The van der Waals surface area contributed by atoms with Gasteiger partial charge in [-0.25, -0.2) is 10.8 Å². The summed E-state index contributed by atoms with van der Waals surface area (Å²) in [4.78, 5) is 31.3. The van der Waals surface area contributed by atoms with Crippen molar-refractivity contribution in [2.45, 2.75) is 6.92 Å². The number of carbonyl (C=O) groups is 2. The standard InChI is InChI=1S/C9H15N7O2/c1-5-2-13-9(15-12)14-8(5)16(3-6(10)17)4-7(11)18/h2H,3-4,12H2,1H3,(H2,10,17)(H2,11,18)(H,13,14,15). The fourth-order valence-electron chi connectivity index (χ4n) is 1.40. The summed E-state index contributed by atoms with van der Waals surface area (Å²) in [5.41, 5.74) is 13.2. The van der Waals surface area contributed by atoms with E-state index < -0.39 is 11.8 Å². The molecule has 0 aliphatic carbocycles. The van der Waals surface area contributed by atoms with Crippen LogP contribution in [0.15, 0.2) is 6.20 Å². The average molecular weight is 253 g/mol. The van der Waals surface area contributed by atoms with Crippen molar-refractivity contribution < 1.29 is 9.59 Å². The highest BCUT2D eigenvalue weighted by atomic mass is 16.2. The van der Waals surface area contributed by atoms with E-state index in [9.17, 15) is 9.59 Å². The highest BCUT2D eigenvalue weighted by Crippen LogP contribution is 2.17. The molecule has 0 saturated carbocycles. The lowest BCUT2D eigenvalue weighted by atomic mass is 10.3. The van der Waals surface area contributed by atoms with E-state index in [1.165, 1.54) is 11.1 Å². The first kappa shape index (κ1) is 13.6. The molecule has 18 heavy (non-hydrogen) atoms. The van der Waals surface area contributed by atoms with Crippen molar-refractivity contribution >= 4 is 23.6 Å². The third-order valence-corrected chi connectivity index (χ3v) is 2.07. The molecule has 0 aliphatic rings.